The number of rotatable bonds is 2. The van der Waals surface area contributed by atoms with Crippen molar-refractivity contribution in [2.24, 2.45) is 7.05 Å². The molecule has 1 heterocycles. The van der Waals surface area contributed by atoms with Crippen LogP contribution in [0.5, 0.6) is 0 Å². The molecule has 1 aromatic heterocycles. The van der Waals surface area contributed by atoms with E-state index in [2.05, 4.69) is 36.2 Å². The molecule has 0 radical (unpaired) electrons. The van der Waals surface area contributed by atoms with Gasteiger partial charge in [-0.25, -0.2) is 4.79 Å². The molecule has 0 aliphatic heterocycles. The van der Waals surface area contributed by atoms with Crippen LogP contribution in [0, 0.1) is 11.5 Å². The summed E-state index contributed by atoms with van der Waals surface area (Å²) in [6.45, 7) is 8.59. The van der Waals surface area contributed by atoms with E-state index in [-0.39, 0.29) is 5.97 Å². The van der Waals surface area contributed by atoms with Crippen LogP contribution in [0.3, 0.4) is 0 Å². The van der Waals surface area contributed by atoms with Gasteiger partial charge in [0.15, 0.2) is 5.69 Å². The van der Waals surface area contributed by atoms with Gasteiger partial charge in [0, 0.05) is 7.05 Å². The second-order valence-electron chi connectivity index (χ2n) is 4.75. The van der Waals surface area contributed by atoms with Crippen LogP contribution in [-0.2, 0) is 11.8 Å². The zero-order valence-electron chi connectivity index (χ0n) is 11.0. The molecule has 5 heteroatoms. The third-order valence-electron chi connectivity index (χ3n) is 1.98. The lowest BCUT2D eigenvalue weighted by molar-refractivity contribution is 0.0513. The smallest absolute Gasteiger partial charge is 0.357 e. The normalized spacial score (nSPS) is 10.6. The molecule has 1 aromatic rings. The first kappa shape index (κ1) is 13.5. The van der Waals surface area contributed by atoms with E-state index in [4.69, 9.17) is 4.74 Å². The van der Waals surface area contributed by atoms with E-state index >= 15 is 0 Å². The van der Waals surface area contributed by atoms with E-state index in [0.29, 0.717) is 17.9 Å². The lowest BCUT2D eigenvalue weighted by atomic mass is 10.2. The largest absolute Gasteiger partial charge is 0.461 e. The van der Waals surface area contributed by atoms with E-state index in [1.54, 1.807) is 20.2 Å². The van der Waals surface area contributed by atoms with Gasteiger partial charge < -0.3 is 4.74 Å². The highest BCUT2D eigenvalue weighted by atomic mass is 28.3. The summed E-state index contributed by atoms with van der Waals surface area (Å²) in [5.74, 6) is 2.67. The summed E-state index contributed by atoms with van der Waals surface area (Å²) in [6, 6.07) is 0. The Morgan fingerprint density at radius 1 is 1.53 bits per heavy atom. The average molecular weight is 250 g/mol. The van der Waals surface area contributed by atoms with Gasteiger partial charge in [-0.3, -0.25) is 4.68 Å². The van der Waals surface area contributed by atoms with Gasteiger partial charge >= 0.3 is 5.97 Å². The highest BCUT2D eigenvalue weighted by molar-refractivity contribution is 6.83. The fourth-order valence-electron chi connectivity index (χ4n) is 1.23. The molecule has 0 atom stereocenters. The number of aryl methyl sites for hydroxylation is 1. The number of ether oxygens (including phenoxy) is 1. The Kier molecular flexibility index (Phi) is 4.13. The number of carbonyl (C=O) groups is 1. The molecule has 0 saturated carbocycles. The van der Waals surface area contributed by atoms with E-state index < -0.39 is 8.07 Å². The molecule has 0 unspecified atom stereocenters. The lowest BCUT2D eigenvalue weighted by Crippen LogP contribution is -2.17. The summed E-state index contributed by atoms with van der Waals surface area (Å²) in [7, 11) is 0.257. The topological polar surface area (TPSA) is 44.1 Å². The van der Waals surface area contributed by atoms with Crippen molar-refractivity contribution < 1.29 is 9.53 Å². The Hall–Kier alpha value is -1.54. The molecule has 17 heavy (non-hydrogen) atoms. The van der Waals surface area contributed by atoms with Gasteiger partial charge in [-0.1, -0.05) is 25.6 Å². The molecule has 0 aliphatic carbocycles. The first-order chi connectivity index (χ1) is 7.85. The summed E-state index contributed by atoms with van der Waals surface area (Å²) in [5.41, 5.74) is 4.29. The minimum absolute atomic E-state index is 0.352. The SMILES string of the molecule is CCOC(=O)c1c(C#C[Si](C)(C)C)cnn1C. The quantitative estimate of drug-likeness (QED) is 0.457. The lowest BCUT2D eigenvalue weighted by Gasteiger charge is -2.04. The van der Waals surface area contributed by atoms with Gasteiger partial charge in [0.2, 0.25) is 0 Å². The molecular formula is C12H18N2O2Si. The van der Waals surface area contributed by atoms with Crippen LogP contribution >= 0.6 is 0 Å². The first-order valence-corrected chi connectivity index (χ1v) is 9.07. The molecule has 0 bridgehead atoms. The summed E-state index contributed by atoms with van der Waals surface area (Å²) in [5, 5.41) is 4.05. The highest BCUT2D eigenvalue weighted by Crippen LogP contribution is 2.08. The monoisotopic (exact) mass is 250 g/mol. The van der Waals surface area contributed by atoms with Crippen molar-refractivity contribution in [3.05, 3.63) is 17.5 Å². The summed E-state index contributed by atoms with van der Waals surface area (Å²) in [4.78, 5) is 11.7. The van der Waals surface area contributed by atoms with Crippen LogP contribution in [0.4, 0.5) is 0 Å². The predicted molar refractivity (Wildman–Crippen MR) is 69.4 cm³/mol. The number of nitrogens with zero attached hydrogens (tertiary/aromatic N) is 2. The van der Waals surface area contributed by atoms with Crippen LogP contribution in [0.25, 0.3) is 0 Å². The average Bonchev–Trinajstić information content (AvgIpc) is 2.56. The second-order valence-corrected chi connectivity index (χ2v) is 9.50. The van der Waals surface area contributed by atoms with E-state index in [1.807, 2.05) is 0 Å². The van der Waals surface area contributed by atoms with Gasteiger partial charge in [0.25, 0.3) is 0 Å². The van der Waals surface area contributed by atoms with Gasteiger partial charge in [-0.2, -0.15) is 5.10 Å². The Morgan fingerprint density at radius 2 is 2.18 bits per heavy atom. The Bertz CT molecular complexity index is 475. The fourth-order valence-corrected chi connectivity index (χ4v) is 1.74. The van der Waals surface area contributed by atoms with Gasteiger partial charge in [0.05, 0.1) is 18.4 Å². The molecule has 0 amide bonds. The number of hydrogen-bond donors (Lipinski definition) is 0. The predicted octanol–water partition coefficient (Wildman–Crippen LogP) is 1.83. The molecule has 0 saturated heterocycles. The molecule has 0 fully saturated rings. The first-order valence-electron chi connectivity index (χ1n) is 5.57. The standard InChI is InChI=1S/C12H18N2O2Si/c1-6-16-12(15)11-10(9-13-14(11)2)7-8-17(3,4)5/h9H,6H2,1-5H3. The van der Waals surface area contributed by atoms with Gasteiger partial charge in [-0.15, -0.1) is 5.54 Å². The molecule has 0 spiro atoms. The second kappa shape index (κ2) is 5.19. The van der Waals surface area contributed by atoms with E-state index in [0.717, 1.165) is 0 Å². The van der Waals surface area contributed by atoms with Crippen LogP contribution in [-0.4, -0.2) is 30.4 Å². The minimum atomic E-state index is -1.46. The number of esters is 1. The maximum absolute atomic E-state index is 11.7. The maximum Gasteiger partial charge on any atom is 0.357 e. The number of hydrogen-bond acceptors (Lipinski definition) is 3. The Labute approximate surface area is 103 Å². The van der Waals surface area contributed by atoms with E-state index in [1.165, 1.54) is 4.68 Å². The van der Waals surface area contributed by atoms with Crippen molar-refractivity contribution in [2.75, 3.05) is 6.61 Å². The molecule has 92 valence electrons. The van der Waals surface area contributed by atoms with Crippen molar-refractivity contribution in [1.82, 2.24) is 9.78 Å². The summed E-state index contributed by atoms with van der Waals surface area (Å²) < 4.78 is 6.49. The molecule has 0 aliphatic rings. The van der Waals surface area contributed by atoms with E-state index in [9.17, 15) is 4.79 Å². The van der Waals surface area contributed by atoms with Crippen LogP contribution < -0.4 is 0 Å². The molecular weight excluding hydrogens is 232 g/mol. The highest BCUT2D eigenvalue weighted by Gasteiger charge is 2.17. The fraction of sp³-hybridized carbons (Fsp3) is 0.500. The minimum Gasteiger partial charge on any atom is -0.461 e. The Balaban J connectivity index is 3.09. The summed E-state index contributed by atoms with van der Waals surface area (Å²) in [6.07, 6.45) is 1.61. The molecule has 0 N–H and O–H groups in total. The molecule has 4 nitrogen and oxygen atoms in total. The maximum atomic E-state index is 11.7. The summed E-state index contributed by atoms with van der Waals surface area (Å²) >= 11 is 0. The Morgan fingerprint density at radius 3 is 2.71 bits per heavy atom. The zero-order chi connectivity index (χ0) is 13.1. The van der Waals surface area contributed by atoms with Crippen LogP contribution in [0.2, 0.25) is 19.6 Å². The zero-order valence-corrected chi connectivity index (χ0v) is 12.0. The van der Waals surface area contributed by atoms with Crippen molar-refractivity contribution in [2.45, 2.75) is 26.6 Å². The number of carbonyl (C=O) groups excluding carboxylic acids is 1. The van der Waals surface area contributed by atoms with Crippen molar-refractivity contribution in [1.29, 1.82) is 0 Å². The van der Waals surface area contributed by atoms with Gasteiger partial charge in [-0.05, 0) is 6.92 Å². The molecule has 0 aromatic carbocycles. The molecule has 1 rings (SSSR count). The van der Waals surface area contributed by atoms with Crippen molar-refractivity contribution >= 4 is 14.0 Å². The van der Waals surface area contributed by atoms with Crippen LogP contribution in [0.15, 0.2) is 6.20 Å². The van der Waals surface area contributed by atoms with Gasteiger partial charge in [0.1, 0.15) is 8.07 Å². The number of aromatic nitrogens is 2. The third kappa shape index (κ3) is 3.75. The van der Waals surface area contributed by atoms with Crippen molar-refractivity contribution in [3.8, 4) is 11.5 Å². The van der Waals surface area contributed by atoms with Crippen LogP contribution in [0.1, 0.15) is 23.0 Å². The third-order valence-corrected chi connectivity index (χ3v) is 2.85. The van der Waals surface area contributed by atoms with Crippen molar-refractivity contribution in [3.63, 3.8) is 0 Å².